The molecule has 2 nitrogen and oxygen atoms in total. The van der Waals surface area contributed by atoms with Gasteiger partial charge in [0.05, 0.1) is 0 Å². The van der Waals surface area contributed by atoms with Crippen molar-refractivity contribution in [1.82, 2.24) is 0 Å². The highest BCUT2D eigenvalue weighted by atomic mass is 16.1. The van der Waals surface area contributed by atoms with Gasteiger partial charge in [-0.1, -0.05) is 6.92 Å². The minimum atomic E-state index is -0.170. The molecule has 0 aromatic rings. The molecule has 0 saturated heterocycles. The summed E-state index contributed by atoms with van der Waals surface area (Å²) >= 11 is 0. The molecule has 0 N–H and O–H groups in total. The monoisotopic (exact) mass is 192 g/mol. The smallest absolute Gasteiger partial charge is 0.140 e. The van der Waals surface area contributed by atoms with E-state index in [4.69, 9.17) is 0 Å². The van der Waals surface area contributed by atoms with Crippen LogP contribution in [-0.2, 0) is 9.59 Å². The summed E-state index contributed by atoms with van der Waals surface area (Å²) in [5.41, 5.74) is -0.170. The van der Waals surface area contributed by atoms with Crippen LogP contribution in [0.2, 0.25) is 0 Å². The van der Waals surface area contributed by atoms with Crippen molar-refractivity contribution in [3.05, 3.63) is 0 Å². The molecule has 3 rings (SSSR count). The summed E-state index contributed by atoms with van der Waals surface area (Å²) in [6.07, 6.45) is 4.30. The van der Waals surface area contributed by atoms with Crippen LogP contribution in [0.5, 0.6) is 0 Å². The minimum absolute atomic E-state index is 0.170. The molecule has 0 unspecified atom stereocenters. The molecule has 2 heteroatoms. The third kappa shape index (κ3) is 0.783. The zero-order chi connectivity index (χ0) is 9.92. The Morgan fingerprint density at radius 3 is 2.79 bits per heavy atom. The molecular formula is C12H16O2. The van der Waals surface area contributed by atoms with Crippen LogP contribution in [0.4, 0.5) is 0 Å². The normalized spacial score (nSPS) is 51.1. The second-order valence-corrected chi connectivity index (χ2v) is 5.45. The van der Waals surface area contributed by atoms with Gasteiger partial charge < -0.3 is 0 Å². The number of rotatable bonds is 0. The molecule has 14 heavy (non-hydrogen) atoms. The lowest BCUT2D eigenvalue weighted by molar-refractivity contribution is -0.129. The van der Waals surface area contributed by atoms with Crippen LogP contribution in [0.1, 0.15) is 39.0 Å². The van der Waals surface area contributed by atoms with Crippen LogP contribution >= 0.6 is 0 Å². The van der Waals surface area contributed by atoms with Gasteiger partial charge in [-0.05, 0) is 30.6 Å². The van der Waals surface area contributed by atoms with Crippen molar-refractivity contribution >= 4 is 11.6 Å². The van der Waals surface area contributed by atoms with Crippen LogP contribution in [0.3, 0.4) is 0 Å². The Kier molecular flexibility index (Phi) is 1.52. The fourth-order valence-electron chi connectivity index (χ4n) is 4.38. The number of carbonyl (C=O) groups excluding carboxylic acids is 2. The molecular weight excluding hydrogens is 176 g/mol. The lowest BCUT2D eigenvalue weighted by Gasteiger charge is -2.27. The predicted molar refractivity (Wildman–Crippen MR) is 51.7 cm³/mol. The first kappa shape index (κ1) is 8.63. The molecule has 0 bridgehead atoms. The number of ketones is 2. The van der Waals surface area contributed by atoms with Crippen LogP contribution in [-0.4, -0.2) is 11.6 Å². The topological polar surface area (TPSA) is 34.1 Å². The Labute approximate surface area is 84.1 Å². The van der Waals surface area contributed by atoms with Crippen molar-refractivity contribution in [1.29, 1.82) is 0 Å². The predicted octanol–water partition coefficient (Wildman–Crippen LogP) is 1.97. The molecule has 1 spiro atoms. The summed E-state index contributed by atoms with van der Waals surface area (Å²) in [4.78, 5) is 23.6. The maximum atomic E-state index is 12.1. The third-order valence-corrected chi connectivity index (χ3v) is 4.89. The molecule has 0 aliphatic heterocycles. The van der Waals surface area contributed by atoms with E-state index >= 15 is 0 Å². The number of hydrogen-bond acceptors (Lipinski definition) is 2. The lowest BCUT2D eigenvalue weighted by atomic mass is 9.74. The summed E-state index contributed by atoms with van der Waals surface area (Å²) < 4.78 is 0. The molecule has 3 aliphatic carbocycles. The highest BCUT2D eigenvalue weighted by molar-refractivity contribution is 5.97. The van der Waals surface area contributed by atoms with Gasteiger partial charge in [0.15, 0.2) is 0 Å². The van der Waals surface area contributed by atoms with E-state index in [1.165, 1.54) is 6.42 Å². The van der Waals surface area contributed by atoms with Gasteiger partial charge in [-0.25, -0.2) is 0 Å². The quantitative estimate of drug-likeness (QED) is 0.588. The first-order valence-corrected chi connectivity index (χ1v) is 5.69. The molecule has 3 aliphatic rings. The van der Waals surface area contributed by atoms with E-state index in [9.17, 15) is 9.59 Å². The maximum Gasteiger partial charge on any atom is 0.140 e. The molecule has 0 aromatic carbocycles. The zero-order valence-corrected chi connectivity index (χ0v) is 8.58. The van der Waals surface area contributed by atoms with Gasteiger partial charge in [0.2, 0.25) is 0 Å². The van der Waals surface area contributed by atoms with E-state index in [1.807, 2.05) is 0 Å². The molecule has 4 atom stereocenters. The number of carbonyl (C=O) groups is 2. The van der Waals surface area contributed by atoms with Crippen LogP contribution < -0.4 is 0 Å². The molecule has 0 heterocycles. The van der Waals surface area contributed by atoms with Crippen molar-refractivity contribution in [2.75, 3.05) is 0 Å². The van der Waals surface area contributed by atoms with E-state index in [1.54, 1.807) is 0 Å². The van der Waals surface area contributed by atoms with Gasteiger partial charge in [0.25, 0.3) is 0 Å². The highest BCUT2D eigenvalue weighted by Crippen LogP contribution is 2.63. The Morgan fingerprint density at radius 1 is 1.21 bits per heavy atom. The first-order chi connectivity index (χ1) is 6.64. The van der Waals surface area contributed by atoms with E-state index in [0.29, 0.717) is 42.2 Å². The summed E-state index contributed by atoms with van der Waals surface area (Å²) in [5.74, 6) is 2.22. The summed E-state index contributed by atoms with van der Waals surface area (Å²) in [5, 5.41) is 0. The Bertz CT molecular complexity index is 320. The SMILES string of the molecule is C[C@@H]1CC(=O)[C@]23CC(=O)C[C@H]2CC[C@H]13. The fraction of sp³-hybridized carbons (Fsp3) is 0.833. The average molecular weight is 192 g/mol. The third-order valence-electron chi connectivity index (χ3n) is 4.89. The Hall–Kier alpha value is -0.660. The van der Waals surface area contributed by atoms with Crippen molar-refractivity contribution < 1.29 is 9.59 Å². The molecule has 0 radical (unpaired) electrons. The molecule has 0 amide bonds. The standard InChI is InChI=1S/C12H16O2/c1-7-4-11(14)12-6-9(13)5-8(12)2-3-10(7)12/h7-8,10H,2-6H2,1H3/t7-,8-,10-,12-/m1/s1. The van der Waals surface area contributed by atoms with Gasteiger partial charge >= 0.3 is 0 Å². The van der Waals surface area contributed by atoms with Crippen molar-refractivity contribution in [3.63, 3.8) is 0 Å². The van der Waals surface area contributed by atoms with Gasteiger partial charge in [-0.3, -0.25) is 9.59 Å². The largest absolute Gasteiger partial charge is 0.300 e. The second-order valence-electron chi connectivity index (χ2n) is 5.45. The van der Waals surface area contributed by atoms with Gasteiger partial charge in [0, 0.05) is 24.7 Å². The molecule has 76 valence electrons. The fourth-order valence-corrected chi connectivity index (χ4v) is 4.38. The first-order valence-electron chi connectivity index (χ1n) is 5.69. The highest BCUT2D eigenvalue weighted by Gasteiger charge is 2.64. The second kappa shape index (κ2) is 2.47. The minimum Gasteiger partial charge on any atom is -0.300 e. The van der Waals surface area contributed by atoms with Crippen molar-refractivity contribution in [2.45, 2.75) is 39.0 Å². The van der Waals surface area contributed by atoms with Crippen molar-refractivity contribution in [3.8, 4) is 0 Å². The van der Waals surface area contributed by atoms with Crippen LogP contribution in [0.25, 0.3) is 0 Å². The lowest BCUT2D eigenvalue weighted by Crippen LogP contribution is -2.31. The summed E-state index contributed by atoms with van der Waals surface area (Å²) in [6.45, 7) is 2.18. The van der Waals surface area contributed by atoms with Crippen LogP contribution in [0, 0.1) is 23.2 Å². The number of hydrogen-bond donors (Lipinski definition) is 0. The van der Waals surface area contributed by atoms with E-state index in [2.05, 4.69) is 6.92 Å². The molecule has 3 fully saturated rings. The van der Waals surface area contributed by atoms with E-state index in [0.717, 1.165) is 12.8 Å². The van der Waals surface area contributed by atoms with E-state index < -0.39 is 0 Å². The number of Topliss-reactive ketones (excluding diaryl/α,β-unsaturated/α-hetero) is 2. The maximum absolute atomic E-state index is 12.1. The zero-order valence-electron chi connectivity index (χ0n) is 8.58. The molecule has 0 aromatic heterocycles. The summed E-state index contributed by atoms with van der Waals surface area (Å²) in [6, 6.07) is 0. The average Bonchev–Trinajstić information content (AvgIpc) is 2.63. The Balaban J connectivity index is 2.07. The van der Waals surface area contributed by atoms with E-state index in [-0.39, 0.29) is 5.41 Å². The Morgan fingerprint density at radius 2 is 2.00 bits per heavy atom. The molecule has 3 saturated carbocycles. The van der Waals surface area contributed by atoms with Gasteiger partial charge in [0.1, 0.15) is 11.6 Å². The van der Waals surface area contributed by atoms with Gasteiger partial charge in [-0.15, -0.1) is 0 Å². The van der Waals surface area contributed by atoms with Crippen LogP contribution in [0.15, 0.2) is 0 Å². The van der Waals surface area contributed by atoms with Crippen molar-refractivity contribution in [2.24, 2.45) is 23.2 Å². The summed E-state index contributed by atoms with van der Waals surface area (Å²) in [7, 11) is 0. The van der Waals surface area contributed by atoms with Gasteiger partial charge in [-0.2, -0.15) is 0 Å².